The predicted molar refractivity (Wildman–Crippen MR) is 59.0 cm³/mol. The van der Waals surface area contributed by atoms with Crippen molar-refractivity contribution in [2.24, 2.45) is 5.92 Å². The van der Waals surface area contributed by atoms with Gasteiger partial charge in [0.1, 0.15) is 0 Å². The minimum atomic E-state index is -0.647. The first-order valence-corrected chi connectivity index (χ1v) is 5.39. The second-order valence-electron chi connectivity index (χ2n) is 4.49. The number of benzene rings is 1. The minimum absolute atomic E-state index is 0.161. The number of aryl methyl sites for hydroxylation is 2. The lowest BCUT2D eigenvalue weighted by atomic mass is 9.69. The van der Waals surface area contributed by atoms with Crippen molar-refractivity contribution in [3.8, 4) is 0 Å². The molecule has 0 saturated heterocycles. The van der Waals surface area contributed by atoms with Crippen LogP contribution < -0.4 is 0 Å². The Morgan fingerprint density at radius 3 is 2.53 bits per heavy atom. The van der Waals surface area contributed by atoms with Gasteiger partial charge >= 0.3 is 5.97 Å². The molecule has 1 aromatic carbocycles. The number of hydrogen-bond donors (Lipinski definition) is 1. The molecule has 2 unspecified atom stereocenters. The van der Waals surface area contributed by atoms with Crippen LogP contribution >= 0.6 is 0 Å². The van der Waals surface area contributed by atoms with Gasteiger partial charge in [-0.05, 0) is 43.7 Å². The van der Waals surface area contributed by atoms with Crippen LogP contribution in [0.5, 0.6) is 0 Å². The molecule has 1 aromatic rings. The Morgan fingerprint density at radius 2 is 2.07 bits per heavy atom. The molecule has 1 N–H and O–H groups in total. The molecule has 1 aliphatic carbocycles. The molecule has 0 aliphatic heterocycles. The van der Waals surface area contributed by atoms with Crippen LogP contribution in [-0.2, 0) is 4.79 Å². The smallest absolute Gasteiger partial charge is 0.307 e. The number of carboxylic acids is 1. The van der Waals surface area contributed by atoms with E-state index in [1.165, 1.54) is 16.7 Å². The Morgan fingerprint density at radius 1 is 1.33 bits per heavy atom. The summed E-state index contributed by atoms with van der Waals surface area (Å²) in [4.78, 5) is 10.9. The summed E-state index contributed by atoms with van der Waals surface area (Å²) in [5, 5.41) is 9.01. The molecule has 0 bridgehead atoms. The number of rotatable bonds is 2. The molecule has 2 heteroatoms. The Kier molecular flexibility index (Phi) is 2.51. The van der Waals surface area contributed by atoms with E-state index in [4.69, 9.17) is 5.11 Å². The lowest BCUT2D eigenvalue weighted by Gasteiger charge is -2.34. The van der Waals surface area contributed by atoms with E-state index < -0.39 is 5.97 Å². The number of aliphatic carboxylic acids is 1. The zero-order chi connectivity index (χ0) is 11.0. The second-order valence-corrected chi connectivity index (χ2v) is 4.49. The van der Waals surface area contributed by atoms with E-state index in [1.54, 1.807) is 0 Å². The summed E-state index contributed by atoms with van der Waals surface area (Å²) >= 11 is 0. The lowest BCUT2D eigenvalue weighted by Crippen LogP contribution is -2.31. The molecule has 0 heterocycles. The van der Waals surface area contributed by atoms with Crippen molar-refractivity contribution in [2.45, 2.75) is 32.6 Å². The molecule has 15 heavy (non-hydrogen) atoms. The van der Waals surface area contributed by atoms with Crippen LogP contribution in [0.1, 0.15) is 35.4 Å². The fourth-order valence-corrected chi connectivity index (χ4v) is 2.41. The van der Waals surface area contributed by atoms with Crippen molar-refractivity contribution in [3.63, 3.8) is 0 Å². The van der Waals surface area contributed by atoms with E-state index in [-0.39, 0.29) is 11.8 Å². The molecule has 2 rings (SSSR count). The second kappa shape index (κ2) is 3.69. The zero-order valence-corrected chi connectivity index (χ0v) is 9.16. The highest BCUT2D eigenvalue weighted by molar-refractivity contribution is 5.72. The Bertz CT molecular complexity index is 396. The largest absolute Gasteiger partial charge is 0.481 e. The highest BCUT2D eigenvalue weighted by Crippen LogP contribution is 2.43. The van der Waals surface area contributed by atoms with E-state index in [1.807, 2.05) is 0 Å². The van der Waals surface area contributed by atoms with Gasteiger partial charge in [0.05, 0.1) is 5.92 Å². The maximum absolute atomic E-state index is 10.9. The van der Waals surface area contributed by atoms with Gasteiger partial charge in [-0.1, -0.05) is 23.8 Å². The third kappa shape index (κ3) is 1.76. The van der Waals surface area contributed by atoms with E-state index in [9.17, 15) is 4.79 Å². The van der Waals surface area contributed by atoms with Crippen LogP contribution in [0.4, 0.5) is 0 Å². The van der Waals surface area contributed by atoms with E-state index in [2.05, 4.69) is 32.0 Å². The Hall–Kier alpha value is -1.31. The molecule has 0 amide bonds. The third-order valence-corrected chi connectivity index (χ3v) is 3.42. The minimum Gasteiger partial charge on any atom is -0.481 e. The zero-order valence-electron chi connectivity index (χ0n) is 9.16. The van der Waals surface area contributed by atoms with E-state index in [0.29, 0.717) is 0 Å². The standard InChI is InChI=1S/C13H16O2/c1-8-3-4-10(9(2)7-8)11-5-6-12(11)13(14)15/h3-4,7,11-12H,5-6H2,1-2H3,(H,14,15). The van der Waals surface area contributed by atoms with Crippen LogP contribution in [0.25, 0.3) is 0 Å². The molecule has 80 valence electrons. The van der Waals surface area contributed by atoms with Gasteiger partial charge in [0, 0.05) is 0 Å². The predicted octanol–water partition coefficient (Wildman–Crippen LogP) is 2.88. The van der Waals surface area contributed by atoms with Crippen LogP contribution in [0, 0.1) is 19.8 Å². The van der Waals surface area contributed by atoms with Crippen molar-refractivity contribution in [1.82, 2.24) is 0 Å². The molecule has 0 radical (unpaired) electrons. The average molecular weight is 204 g/mol. The van der Waals surface area contributed by atoms with Gasteiger partial charge in [-0.15, -0.1) is 0 Å². The highest BCUT2D eigenvalue weighted by Gasteiger charge is 2.37. The van der Waals surface area contributed by atoms with Crippen LogP contribution in [0.2, 0.25) is 0 Å². The Balaban J connectivity index is 2.27. The number of hydrogen-bond acceptors (Lipinski definition) is 1. The summed E-state index contributed by atoms with van der Waals surface area (Å²) in [7, 11) is 0. The normalized spacial score (nSPS) is 24.7. The summed E-state index contributed by atoms with van der Waals surface area (Å²) in [6.07, 6.45) is 1.84. The summed E-state index contributed by atoms with van der Waals surface area (Å²) < 4.78 is 0. The SMILES string of the molecule is Cc1ccc(C2CCC2C(=O)O)c(C)c1. The monoisotopic (exact) mass is 204 g/mol. The van der Waals surface area contributed by atoms with Crippen molar-refractivity contribution in [3.05, 3.63) is 34.9 Å². The topological polar surface area (TPSA) is 37.3 Å². The average Bonchev–Trinajstić information content (AvgIpc) is 2.06. The number of carboxylic acid groups (broad SMARTS) is 1. The molecule has 1 saturated carbocycles. The van der Waals surface area contributed by atoms with Crippen molar-refractivity contribution < 1.29 is 9.90 Å². The summed E-state index contributed by atoms with van der Waals surface area (Å²) in [6, 6.07) is 6.29. The molecule has 1 fully saturated rings. The van der Waals surface area contributed by atoms with Crippen LogP contribution in [0.15, 0.2) is 18.2 Å². The van der Waals surface area contributed by atoms with E-state index >= 15 is 0 Å². The van der Waals surface area contributed by atoms with Gasteiger partial charge in [-0.3, -0.25) is 4.79 Å². The molecule has 2 atom stereocenters. The summed E-state index contributed by atoms with van der Waals surface area (Å²) in [5.41, 5.74) is 3.69. The van der Waals surface area contributed by atoms with Crippen molar-refractivity contribution in [1.29, 1.82) is 0 Å². The van der Waals surface area contributed by atoms with Crippen molar-refractivity contribution >= 4 is 5.97 Å². The van der Waals surface area contributed by atoms with Gasteiger partial charge in [0.25, 0.3) is 0 Å². The molecule has 2 nitrogen and oxygen atoms in total. The lowest BCUT2D eigenvalue weighted by molar-refractivity contribution is -0.145. The van der Waals surface area contributed by atoms with E-state index in [0.717, 1.165) is 12.8 Å². The van der Waals surface area contributed by atoms with Gasteiger partial charge in [0.15, 0.2) is 0 Å². The maximum Gasteiger partial charge on any atom is 0.307 e. The number of carbonyl (C=O) groups is 1. The van der Waals surface area contributed by atoms with Crippen molar-refractivity contribution in [2.75, 3.05) is 0 Å². The quantitative estimate of drug-likeness (QED) is 0.804. The van der Waals surface area contributed by atoms with Gasteiger partial charge in [-0.2, -0.15) is 0 Å². The highest BCUT2D eigenvalue weighted by atomic mass is 16.4. The van der Waals surface area contributed by atoms with Crippen LogP contribution in [0.3, 0.4) is 0 Å². The fraction of sp³-hybridized carbons (Fsp3) is 0.462. The maximum atomic E-state index is 10.9. The van der Waals surface area contributed by atoms with Gasteiger partial charge in [-0.25, -0.2) is 0 Å². The van der Waals surface area contributed by atoms with Crippen LogP contribution in [-0.4, -0.2) is 11.1 Å². The molecule has 0 spiro atoms. The Labute approximate surface area is 89.9 Å². The molecule has 0 aromatic heterocycles. The molecule has 1 aliphatic rings. The first kappa shape index (κ1) is 10.2. The molecular weight excluding hydrogens is 188 g/mol. The van der Waals surface area contributed by atoms with Gasteiger partial charge in [0.2, 0.25) is 0 Å². The first-order valence-electron chi connectivity index (χ1n) is 5.39. The summed E-state index contributed by atoms with van der Waals surface area (Å²) in [5.74, 6) is -0.569. The van der Waals surface area contributed by atoms with Gasteiger partial charge < -0.3 is 5.11 Å². The summed E-state index contributed by atoms with van der Waals surface area (Å²) in [6.45, 7) is 4.13. The third-order valence-electron chi connectivity index (χ3n) is 3.42. The molecular formula is C13H16O2. The fourth-order valence-electron chi connectivity index (χ4n) is 2.41. The first-order chi connectivity index (χ1) is 7.09.